The van der Waals surface area contributed by atoms with Crippen LogP contribution in [-0.2, 0) is 4.79 Å². The van der Waals surface area contributed by atoms with E-state index in [0.29, 0.717) is 17.2 Å². The summed E-state index contributed by atoms with van der Waals surface area (Å²) in [5.41, 5.74) is 0.541. The Morgan fingerprint density at radius 1 is 1.35 bits per heavy atom. The second-order valence-electron chi connectivity index (χ2n) is 5.14. The zero-order valence-electron chi connectivity index (χ0n) is 10.7. The van der Waals surface area contributed by atoms with Crippen LogP contribution in [0.15, 0.2) is 28.7 Å². The molecule has 0 aromatic heterocycles. The van der Waals surface area contributed by atoms with Crippen molar-refractivity contribution in [3.05, 3.63) is 34.3 Å². The van der Waals surface area contributed by atoms with E-state index in [1.165, 1.54) is 0 Å². The molecule has 1 N–H and O–H groups in total. The van der Waals surface area contributed by atoms with Gasteiger partial charge in [0.1, 0.15) is 6.04 Å². The van der Waals surface area contributed by atoms with Crippen LogP contribution in [0.2, 0.25) is 0 Å². The minimum absolute atomic E-state index is 0.0163. The van der Waals surface area contributed by atoms with Crippen LogP contribution in [0.25, 0.3) is 0 Å². The molecule has 1 aliphatic carbocycles. The largest absolute Gasteiger partial charge is 0.480 e. The summed E-state index contributed by atoms with van der Waals surface area (Å²) < 4.78 is 0.824. The van der Waals surface area contributed by atoms with E-state index in [0.717, 1.165) is 17.3 Å². The molecule has 2 unspecified atom stereocenters. The summed E-state index contributed by atoms with van der Waals surface area (Å²) in [6.45, 7) is 0. The zero-order chi connectivity index (χ0) is 14.3. The topological polar surface area (TPSA) is 57.6 Å². The van der Waals surface area contributed by atoms with Crippen molar-refractivity contribution in [3.8, 4) is 0 Å². The van der Waals surface area contributed by atoms with E-state index in [4.69, 9.17) is 0 Å². The number of hydrogen-bond acceptors (Lipinski definition) is 3. The van der Waals surface area contributed by atoms with Gasteiger partial charge in [0.15, 0.2) is 0 Å². The maximum absolute atomic E-state index is 12.7. The van der Waals surface area contributed by atoms with Crippen LogP contribution < -0.4 is 0 Å². The van der Waals surface area contributed by atoms with Gasteiger partial charge in [0, 0.05) is 15.8 Å². The molecule has 106 valence electrons. The van der Waals surface area contributed by atoms with Gasteiger partial charge in [-0.2, -0.15) is 0 Å². The number of thioether (sulfide) groups is 1. The van der Waals surface area contributed by atoms with Crippen LogP contribution in [0.4, 0.5) is 0 Å². The standard InChI is InChI=1S/C14H14BrNO3S/c15-10-3-1-2-9(6-10)12(17)16-11(14(18)19)7-20-13(16)8-4-5-8/h1-3,6,8,11,13H,4-5,7H2,(H,18,19). The van der Waals surface area contributed by atoms with E-state index in [9.17, 15) is 14.7 Å². The first-order valence-electron chi connectivity index (χ1n) is 6.50. The van der Waals surface area contributed by atoms with Crippen molar-refractivity contribution in [1.82, 2.24) is 4.90 Å². The Bertz CT molecular complexity index is 561. The smallest absolute Gasteiger partial charge is 0.327 e. The van der Waals surface area contributed by atoms with Crippen LogP contribution in [-0.4, -0.2) is 39.1 Å². The number of halogens is 1. The average molecular weight is 356 g/mol. The first kappa shape index (κ1) is 13.9. The lowest BCUT2D eigenvalue weighted by Gasteiger charge is -2.27. The number of amides is 1. The molecular weight excluding hydrogens is 342 g/mol. The van der Waals surface area contributed by atoms with Gasteiger partial charge < -0.3 is 10.0 Å². The minimum atomic E-state index is -0.913. The molecule has 1 saturated heterocycles. The molecule has 1 aliphatic heterocycles. The van der Waals surface area contributed by atoms with Gasteiger partial charge in [0.05, 0.1) is 5.37 Å². The van der Waals surface area contributed by atoms with Crippen molar-refractivity contribution in [2.45, 2.75) is 24.3 Å². The van der Waals surface area contributed by atoms with Gasteiger partial charge in [-0.25, -0.2) is 4.79 Å². The van der Waals surface area contributed by atoms with E-state index in [2.05, 4.69) is 15.9 Å². The van der Waals surface area contributed by atoms with Crippen molar-refractivity contribution in [1.29, 1.82) is 0 Å². The number of rotatable bonds is 3. The number of carboxylic acids is 1. The highest BCUT2D eigenvalue weighted by Gasteiger charge is 2.48. The Kier molecular flexibility index (Phi) is 3.77. The van der Waals surface area contributed by atoms with Crippen LogP contribution in [0.3, 0.4) is 0 Å². The van der Waals surface area contributed by atoms with Gasteiger partial charge in [-0.3, -0.25) is 4.79 Å². The molecule has 0 bridgehead atoms. The van der Waals surface area contributed by atoms with Crippen LogP contribution in [0.5, 0.6) is 0 Å². The van der Waals surface area contributed by atoms with Crippen molar-refractivity contribution in [2.75, 3.05) is 5.75 Å². The van der Waals surface area contributed by atoms with E-state index in [1.807, 2.05) is 6.07 Å². The number of carbonyl (C=O) groups excluding carboxylic acids is 1. The zero-order valence-corrected chi connectivity index (χ0v) is 13.1. The lowest BCUT2D eigenvalue weighted by atomic mass is 10.1. The molecule has 0 radical (unpaired) electrons. The number of aliphatic carboxylic acids is 1. The highest BCUT2D eigenvalue weighted by Crippen LogP contribution is 2.45. The van der Waals surface area contributed by atoms with E-state index in [1.54, 1.807) is 34.9 Å². The van der Waals surface area contributed by atoms with Gasteiger partial charge in [0.25, 0.3) is 5.91 Å². The lowest BCUT2D eigenvalue weighted by molar-refractivity contribution is -0.141. The summed E-state index contributed by atoms with van der Waals surface area (Å²) in [7, 11) is 0. The summed E-state index contributed by atoms with van der Waals surface area (Å²) in [5.74, 6) is -0.152. The summed E-state index contributed by atoms with van der Waals surface area (Å²) in [6.07, 6.45) is 2.18. The molecule has 1 aromatic rings. The van der Waals surface area contributed by atoms with Crippen LogP contribution >= 0.6 is 27.7 Å². The Morgan fingerprint density at radius 2 is 2.10 bits per heavy atom. The fraction of sp³-hybridized carbons (Fsp3) is 0.429. The molecule has 2 atom stereocenters. The third kappa shape index (κ3) is 2.59. The third-order valence-electron chi connectivity index (χ3n) is 3.65. The summed E-state index contributed by atoms with van der Waals surface area (Å²) in [6, 6.07) is 6.41. The van der Waals surface area contributed by atoms with E-state index in [-0.39, 0.29) is 11.3 Å². The maximum atomic E-state index is 12.7. The molecule has 1 amide bonds. The molecule has 1 saturated carbocycles. The first-order chi connectivity index (χ1) is 9.58. The Balaban J connectivity index is 1.90. The molecule has 20 heavy (non-hydrogen) atoms. The predicted molar refractivity (Wildman–Crippen MR) is 80.7 cm³/mol. The Labute approximate surface area is 129 Å². The number of carboxylic acid groups (broad SMARTS) is 1. The SMILES string of the molecule is O=C(O)C1CSC(C2CC2)N1C(=O)c1cccc(Br)c1. The van der Waals surface area contributed by atoms with E-state index < -0.39 is 12.0 Å². The van der Waals surface area contributed by atoms with Gasteiger partial charge in [-0.15, -0.1) is 11.8 Å². The fourth-order valence-corrected chi connectivity index (χ4v) is 4.52. The van der Waals surface area contributed by atoms with Gasteiger partial charge in [0.2, 0.25) is 0 Å². The molecule has 1 heterocycles. The Morgan fingerprint density at radius 3 is 2.70 bits per heavy atom. The third-order valence-corrected chi connectivity index (χ3v) is 5.61. The highest BCUT2D eigenvalue weighted by atomic mass is 79.9. The molecule has 1 aromatic carbocycles. The summed E-state index contributed by atoms with van der Waals surface area (Å²) >= 11 is 4.94. The van der Waals surface area contributed by atoms with Crippen molar-refractivity contribution >= 4 is 39.6 Å². The monoisotopic (exact) mass is 355 g/mol. The Hall–Kier alpha value is -1.01. The van der Waals surface area contributed by atoms with Crippen molar-refractivity contribution < 1.29 is 14.7 Å². The molecule has 4 nitrogen and oxygen atoms in total. The minimum Gasteiger partial charge on any atom is -0.480 e. The van der Waals surface area contributed by atoms with E-state index >= 15 is 0 Å². The molecule has 2 aliphatic rings. The average Bonchev–Trinajstić information content (AvgIpc) is 3.16. The molecular formula is C14H14BrNO3S. The van der Waals surface area contributed by atoms with Crippen molar-refractivity contribution in [3.63, 3.8) is 0 Å². The maximum Gasteiger partial charge on any atom is 0.327 e. The molecule has 2 fully saturated rings. The van der Waals surface area contributed by atoms with Gasteiger partial charge in [-0.1, -0.05) is 22.0 Å². The normalized spacial score (nSPS) is 25.8. The number of hydrogen-bond donors (Lipinski definition) is 1. The second-order valence-corrected chi connectivity index (χ2v) is 7.20. The number of carbonyl (C=O) groups is 2. The molecule has 0 spiro atoms. The first-order valence-corrected chi connectivity index (χ1v) is 8.35. The van der Waals surface area contributed by atoms with Crippen LogP contribution in [0, 0.1) is 5.92 Å². The lowest BCUT2D eigenvalue weighted by Crippen LogP contribution is -2.46. The highest BCUT2D eigenvalue weighted by molar-refractivity contribution is 9.10. The summed E-state index contributed by atoms with van der Waals surface area (Å²) in [4.78, 5) is 25.6. The number of benzene rings is 1. The van der Waals surface area contributed by atoms with Crippen molar-refractivity contribution in [2.24, 2.45) is 5.92 Å². The summed E-state index contributed by atoms with van der Waals surface area (Å²) in [5, 5.41) is 9.35. The number of nitrogens with zero attached hydrogens (tertiary/aromatic N) is 1. The molecule has 6 heteroatoms. The fourth-order valence-electron chi connectivity index (χ4n) is 2.49. The van der Waals surface area contributed by atoms with Gasteiger partial charge in [-0.05, 0) is 37.0 Å². The molecule has 3 rings (SSSR count). The quantitative estimate of drug-likeness (QED) is 0.905. The van der Waals surface area contributed by atoms with Crippen LogP contribution in [0.1, 0.15) is 23.2 Å². The van der Waals surface area contributed by atoms with Gasteiger partial charge >= 0.3 is 5.97 Å². The second kappa shape index (κ2) is 5.41. The predicted octanol–water partition coefficient (Wildman–Crippen LogP) is 2.83.